The first-order valence-electron chi connectivity index (χ1n) is 16.4. The number of carbonyl (C=O) groups excluding carboxylic acids is 4. The third-order valence-electron chi connectivity index (χ3n) is 7.80. The summed E-state index contributed by atoms with van der Waals surface area (Å²) in [5, 5.41) is 8.37. The smallest absolute Gasteiger partial charge is 0.411 e. The first kappa shape index (κ1) is 39.0. The topological polar surface area (TPSA) is 126 Å². The number of carbonyl (C=O) groups is 4. The van der Waals surface area contributed by atoms with E-state index in [4.69, 9.17) is 44.3 Å². The number of hydrogen-bond acceptors (Lipinski definition) is 7. The number of halogens is 3. The molecule has 0 atom stereocenters. The summed E-state index contributed by atoms with van der Waals surface area (Å²) in [5.41, 5.74) is 9.74. The fourth-order valence-electron chi connectivity index (χ4n) is 5.56. The maximum atomic E-state index is 12.6. The average molecular weight is 754 g/mol. The monoisotopic (exact) mass is 752 g/mol. The molecule has 10 nitrogen and oxygen atoms in total. The highest BCUT2D eigenvalue weighted by atomic mass is 35.5. The Bertz CT molecular complexity index is 1850. The molecule has 2 heterocycles. The van der Waals surface area contributed by atoms with Crippen molar-refractivity contribution in [1.29, 1.82) is 0 Å². The number of amides is 3. The van der Waals surface area contributed by atoms with Crippen LogP contribution in [0.3, 0.4) is 0 Å². The molecular weight excluding hydrogens is 715 g/mol. The van der Waals surface area contributed by atoms with Crippen LogP contribution in [0.4, 0.5) is 43.7 Å². The Morgan fingerprint density at radius 1 is 0.647 bits per heavy atom. The predicted molar refractivity (Wildman–Crippen MR) is 205 cm³/mol. The van der Waals surface area contributed by atoms with Gasteiger partial charge in [0.1, 0.15) is 5.88 Å². The highest BCUT2D eigenvalue weighted by molar-refractivity contribution is 6.67. The summed E-state index contributed by atoms with van der Waals surface area (Å²) in [7, 11) is 0. The molecule has 6 rings (SSSR count). The van der Waals surface area contributed by atoms with Crippen molar-refractivity contribution in [3.63, 3.8) is 0 Å². The number of benzene rings is 4. The first-order chi connectivity index (χ1) is 24.7. The van der Waals surface area contributed by atoms with Crippen molar-refractivity contribution in [1.82, 2.24) is 0 Å². The zero-order chi connectivity index (χ0) is 36.8. The Balaban J connectivity index is 0.000000204. The Morgan fingerprint density at radius 3 is 1.73 bits per heavy atom. The van der Waals surface area contributed by atoms with Crippen LogP contribution < -0.4 is 20.9 Å². The molecule has 0 aromatic heterocycles. The maximum Gasteiger partial charge on any atom is 0.411 e. The molecular formula is C38H39Cl3N4O6. The summed E-state index contributed by atoms with van der Waals surface area (Å²) in [4.78, 5) is 46.8. The van der Waals surface area contributed by atoms with Crippen LogP contribution in [0.2, 0.25) is 0 Å². The van der Waals surface area contributed by atoms with Gasteiger partial charge in [-0.15, -0.1) is 23.2 Å². The van der Waals surface area contributed by atoms with E-state index in [9.17, 15) is 19.2 Å². The third kappa shape index (κ3) is 11.1. The molecule has 0 aliphatic carbocycles. The van der Waals surface area contributed by atoms with Crippen molar-refractivity contribution in [3.8, 4) is 0 Å². The first-order valence-corrected chi connectivity index (χ1v) is 17.8. The molecule has 51 heavy (non-hydrogen) atoms. The van der Waals surface area contributed by atoms with E-state index in [1.165, 1.54) is 11.1 Å². The van der Waals surface area contributed by atoms with Gasteiger partial charge in [-0.1, -0.05) is 48.5 Å². The molecule has 0 unspecified atom stereocenters. The van der Waals surface area contributed by atoms with Gasteiger partial charge in [0.25, 0.3) is 0 Å². The third-order valence-corrected chi connectivity index (χ3v) is 8.54. The number of alkyl halides is 2. The predicted octanol–water partition coefficient (Wildman–Crippen LogP) is 9.34. The van der Waals surface area contributed by atoms with Gasteiger partial charge in [-0.25, -0.2) is 9.59 Å². The van der Waals surface area contributed by atoms with Crippen LogP contribution in [0, 0.1) is 0 Å². The molecule has 4 aromatic carbocycles. The molecule has 2 aliphatic heterocycles. The standard InChI is InChI=1S/C19H19ClN2O3.C17H18N2O2.C2H2Cl2O/c1-2-25-19(24)21-15-10-9-14-8-7-13-5-3-4-6-16(13)22(17(14)11-15)18(23)12-20;1-2-21-17(20)18-14-10-9-13-8-7-12-5-3-4-6-15(12)19-16(13)11-14;3-1-2(4)5/h3-6,9-11H,2,7-8,12H2,1H3,(H,21,24);3-6,9-11,19H,2,7-8H2,1H3,(H,18,20);1H2. The van der Waals surface area contributed by atoms with Crippen molar-refractivity contribution >= 4 is 92.3 Å². The summed E-state index contributed by atoms with van der Waals surface area (Å²) in [6.07, 6.45) is 2.69. The Morgan fingerprint density at radius 2 is 1.14 bits per heavy atom. The lowest BCUT2D eigenvalue weighted by Gasteiger charge is -2.24. The van der Waals surface area contributed by atoms with Crippen LogP contribution in [0.15, 0.2) is 84.9 Å². The van der Waals surface area contributed by atoms with Crippen molar-refractivity contribution in [2.45, 2.75) is 39.5 Å². The van der Waals surface area contributed by atoms with Gasteiger partial charge in [-0.05, 0) is 110 Å². The molecule has 0 spiro atoms. The van der Waals surface area contributed by atoms with Crippen molar-refractivity contribution in [2.24, 2.45) is 0 Å². The second kappa shape index (κ2) is 19.6. The van der Waals surface area contributed by atoms with Crippen molar-refractivity contribution in [3.05, 3.63) is 107 Å². The number of aryl methyl sites for hydroxylation is 4. The Hall–Kier alpha value is -4.77. The average Bonchev–Trinajstić information content (AvgIpc) is 3.41. The number of nitrogens with one attached hydrogen (secondary N) is 3. The van der Waals surface area contributed by atoms with Gasteiger partial charge >= 0.3 is 12.2 Å². The summed E-state index contributed by atoms with van der Waals surface area (Å²) in [6.45, 7) is 4.19. The number of anilines is 6. The molecule has 0 bridgehead atoms. The SMILES string of the molecule is CCOC(=O)Nc1ccc2c(c1)N(C(=O)CCl)c1ccccc1CC2.CCOC(=O)Nc1ccc2c(c1)Nc1ccccc1CC2.O=C(Cl)CCl. The van der Waals surface area contributed by atoms with Crippen LogP contribution in [0.5, 0.6) is 0 Å². The minimum absolute atomic E-state index is 0.0957. The molecule has 0 saturated carbocycles. The van der Waals surface area contributed by atoms with Crippen LogP contribution in [-0.2, 0) is 44.7 Å². The van der Waals surface area contributed by atoms with E-state index in [1.54, 1.807) is 24.8 Å². The molecule has 3 amide bonds. The molecule has 0 saturated heterocycles. The van der Waals surface area contributed by atoms with E-state index < -0.39 is 17.4 Å². The summed E-state index contributed by atoms with van der Waals surface area (Å²) in [6, 6.07) is 27.6. The molecule has 4 aromatic rings. The second-order valence-electron chi connectivity index (χ2n) is 11.2. The minimum atomic E-state index is -0.522. The van der Waals surface area contributed by atoms with Crippen LogP contribution in [0.25, 0.3) is 0 Å². The lowest BCUT2D eigenvalue weighted by Crippen LogP contribution is -2.28. The van der Waals surface area contributed by atoms with Crippen LogP contribution >= 0.6 is 34.8 Å². The fraction of sp³-hybridized carbons (Fsp3) is 0.263. The van der Waals surface area contributed by atoms with E-state index in [1.807, 2.05) is 54.6 Å². The number of ether oxygens (including phenoxy) is 2. The van der Waals surface area contributed by atoms with Crippen LogP contribution in [0.1, 0.15) is 36.1 Å². The highest BCUT2D eigenvalue weighted by Gasteiger charge is 2.25. The Labute approximate surface area is 312 Å². The van der Waals surface area contributed by atoms with E-state index in [2.05, 4.69) is 40.2 Å². The quantitative estimate of drug-likeness (QED) is 0.132. The molecule has 3 N–H and O–H groups in total. The number of fused-ring (bicyclic) bond motifs is 4. The molecule has 0 fully saturated rings. The van der Waals surface area contributed by atoms with E-state index in [-0.39, 0.29) is 17.7 Å². The lowest BCUT2D eigenvalue weighted by molar-refractivity contribution is -0.115. The highest BCUT2D eigenvalue weighted by Crippen LogP contribution is 2.38. The number of nitrogens with zero attached hydrogens (tertiary/aromatic N) is 1. The molecule has 268 valence electrons. The van der Waals surface area contributed by atoms with Crippen LogP contribution in [-0.4, -0.2) is 48.3 Å². The minimum Gasteiger partial charge on any atom is -0.450 e. The van der Waals surface area contributed by atoms with Gasteiger partial charge in [0.15, 0.2) is 0 Å². The van der Waals surface area contributed by atoms with Gasteiger partial charge in [-0.3, -0.25) is 25.1 Å². The number of rotatable bonds is 6. The fourth-order valence-corrected chi connectivity index (χ4v) is 5.68. The van der Waals surface area contributed by atoms with E-state index in [0.29, 0.717) is 18.9 Å². The summed E-state index contributed by atoms with van der Waals surface area (Å²) >= 11 is 15.4. The normalized spacial score (nSPS) is 12.1. The van der Waals surface area contributed by atoms with Crippen molar-refractivity contribution < 1.29 is 28.7 Å². The van der Waals surface area contributed by atoms with Crippen molar-refractivity contribution in [2.75, 3.05) is 45.8 Å². The maximum absolute atomic E-state index is 12.6. The number of para-hydroxylation sites is 2. The zero-order valence-corrected chi connectivity index (χ0v) is 30.5. The molecule has 2 aliphatic rings. The summed E-state index contributed by atoms with van der Waals surface area (Å²) in [5.74, 6) is -0.421. The van der Waals surface area contributed by atoms with Gasteiger partial charge in [-0.2, -0.15) is 0 Å². The second-order valence-corrected chi connectivity index (χ2v) is 12.1. The zero-order valence-electron chi connectivity index (χ0n) is 28.3. The largest absolute Gasteiger partial charge is 0.450 e. The lowest BCUT2D eigenvalue weighted by atomic mass is 10.0. The van der Waals surface area contributed by atoms with Gasteiger partial charge in [0.2, 0.25) is 11.1 Å². The van der Waals surface area contributed by atoms with E-state index >= 15 is 0 Å². The van der Waals surface area contributed by atoms with Gasteiger partial charge < -0.3 is 14.8 Å². The van der Waals surface area contributed by atoms with E-state index in [0.717, 1.165) is 65.2 Å². The van der Waals surface area contributed by atoms with Gasteiger partial charge in [0.05, 0.1) is 30.5 Å². The Kier molecular flexibility index (Phi) is 15.0. The molecule has 0 radical (unpaired) electrons. The van der Waals surface area contributed by atoms with Gasteiger partial charge in [0, 0.05) is 22.7 Å². The number of hydrogen-bond donors (Lipinski definition) is 3. The molecule has 13 heteroatoms. The summed E-state index contributed by atoms with van der Waals surface area (Å²) < 4.78 is 9.81.